The summed E-state index contributed by atoms with van der Waals surface area (Å²) in [6.07, 6.45) is 0.910. The molecule has 2 rings (SSSR count). The molecule has 1 N–H and O–H groups in total. The van der Waals surface area contributed by atoms with Gasteiger partial charge >= 0.3 is 0 Å². The topological polar surface area (TPSA) is 38.1 Å². The standard InChI is InChI=1S/C14H18N2O/c1-4-10(2)9-13(17)14-11-7-5-6-8-12(11)16(3)15-14/h5-8,13,17H,2,4,9H2,1,3H3. The minimum absolute atomic E-state index is 0.562. The van der Waals surface area contributed by atoms with Gasteiger partial charge in [0, 0.05) is 12.4 Å². The first-order chi connectivity index (χ1) is 8.13. The summed E-state index contributed by atoms with van der Waals surface area (Å²) in [6.45, 7) is 5.98. The third kappa shape index (κ3) is 2.24. The van der Waals surface area contributed by atoms with E-state index in [0.717, 1.165) is 28.6 Å². The number of hydrogen-bond donors (Lipinski definition) is 1. The lowest BCUT2D eigenvalue weighted by atomic mass is 10.0. The van der Waals surface area contributed by atoms with E-state index < -0.39 is 6.10 Å². The van der Waals surface area contributed by atoms with Gasteiger partial charge in [0.25, 0.3) is 0 Å². The number of nitrogens with zero attached hydrogens (tertiary/aromatic N) is 2. The van der Waals surface area contributed by atoms with Crippen LogP contribution in [-0.4, -0.2) is 14.9 Å². The molecule has 0 aliphatic rings. The van der Waals surface area contributed by atoms with E-state index in [1.165, 1.54) is 0 Å². The quantitative estimate of drug-likeness (QED) is 0.820. The van der Waals surface area contributed by atoms with E-state index in [1.807, 2.05) is 42.9 Å². The number of fused-ring (bicyclic) bond motifs is 1. The monoisotopic (exact) mass is 230 g/mol. The minimum atomic E-state index is -0.562. The van der Waals surface area contributed by atoms with Crippen molar-refractivity contribution in [2.75, 3.05) is 0 Å². The van der Waals surface area contributed by atoms with E-state index in [9.17, 15) is 5.11 Å². The van der Waals surface area contributed by atoms with Crippen molar-refractivity contribution in [1.29, 1.82) is 0 Å². The molecule has 0 spiro atoms. The Morgan fingerprint density at radius 2 is 2.18 bits per heavy atom. The number of aryl methyl sites for hydroxylation is 1. The van der Waals surface area contributed by atoms with Gasteiger partial charge in [-0.3, -0.25) is 4.68 Å². The largest absolute Gasteiger partial charge is 0.386 e. The molecule has 0 bridgehead atoms. The lowest BCUT2D eigenvalue weighted by Crippen LogP contribution is -2.01. The molecule has 17 heavy (non-hydrogen) atoms. The van der Waals surface area contributed by atoms with Crippen LogP contribution in [0, 0.1) is 0 Å². The van der Waals surface area contributed by atoms with Crippen molar-refractivity contribution in [2.24, 2.45) is 7.05 Å². The number of aromatic nitrogens is 2. The highest BCUT2D eigenvalue weighted by molar-refractivity contribution is 5.82. The lowest BCUT2D eigenvalue weighted by molar-refractivity contribution is 0.173. The van der Waals surface area contributed by atoms with Crippen LogP contribution in [-0.2, 0) is 7.05 Å². The average molecular weight is 230 g/mol. The van der Waals surface area contributed by atoms with Crippen molar-refractivity contribution in [3.8, 4) is 0 Å². The predicted molar refractivity (Wildman–Crippen MR) is 69.7 cm³/mol. The number of para-hydroxylation sites is 1. The molecular weight excluding hydrogens is 212 g/mol. The van der Waals surface area contributed by atoms with Crippen LogP contribution >= 0.6 is 0 Å². The van der Waals surface area contributed by atoms with Crippen LogP contribution in [0.15, 0.2) is 36.4 Å². The van der Waals surface area contributed by atoms with Crippen LogP contribution in [0.4, 0.5) is 0 Å². The molecule has 3 nitrogen and oxygen atoms in total. The summed E-state index contributed by atoms with van der Waals surface area (Å²) >= 11 is 0. The lowest BCUT2D eigenvalue weighted by Gasteiger charge is -2.09. The molecule has 0 saturated carbocycles. The second-order valence-electron chi connectivity index (χ2n) is 4.35. The van der Waals surface area contributed by atoms with E-state index in [2.05, 4.69) is 11.7 Å². The summed E-state index contributed by atoms with van der Waals surface area (Å²) in [5, 5.41) is 15.6. The highest BCUT2D eigenvalue weighted by Crippen LogP contribution is 2.27. The number of hydrogen-bond acceptors (Lipinski definition) is 2. The van der Waals surface area contributed by atoms with E-state index in [4.69, 9.17) is 0 Å². The summed E-state index contributed by atoms with van der Waals surface area (Å²) in [4.78, 5) is 0. The van der Waals surface area contributed by atoms with Crippen LogP contribution in [0.3, 0.4) is 0 Å². The van der Waals surface area contributed by atoms with Crippen molar-refractivity contribution in [3.63, 3.8) is 0 Å². The Hall–Kier alpha value is -1.61. The number of rotatable bonds is 4. The first kappa shape index (κ1) is 11.9. The average Bonchev–Trinajstić information content (AvgIpc) is 2.67. The van der Waals surface area contributed by atoms with E-state index in [-0.39, 0.29) is 0 Å². The molecule has 90 valence electrons. The first-order valence-electron chi connectivity index (χ1n) is 5.89. The fourth-order valence-electron chi connectivity index (χ4n) is 2.00. The van der Waals surface area contributed by atoms with E-state index >= 15 is 0 Å². The fourth-order valence-corrected chi connectivity index (χ4v) is 2.00. The van der Waals surface area contributed by atoms with Gasteiger partial charge < -0.3 is 5.11 Å². The molecule has 3 heteroatoms. The minimum Gasteiger partial charge on any atom is -0.386 e. The molecule has 2 aromatic rings. The first-order valence-corrected chi connectivity index (χ1v) is 5.89. The highest BCUT2D eigenvalue weighted by atomic mass is 16.3. The maximum atomic E-state index is 10.2. The van der Waals surface area contributed by atoms with Gasteiger partial charge in [-0.2, -0.15) is 5.10 Å². The molecule has 0 radical (unpaired) electrons. The van der Waals surface area contributed by atoms with Gasteiger partial charge in [-0.05, 0) is 18.9 Å². The van der Waals surface area contributed by atoms with Gasteiger partial charge in [0.15, 0.2) is 0 Å². The summed E-state index contributed by atoms with van der Waals surface area (Å²) in [6, 6.07) is 7.95. The van der Waals surface area contributed by atoms with Crippen LogP contribution in [0.1, 0.15) is 31.6 Å². The predicted octanol–water partition coefficient (Wildman–Crippen LogP) is 2.96. The maximum absolute atomic E-state index is 10.2. The van der Waals surface area contributed by atoms with Crippen LogP contribution in [0.25, 0.3) is 10.9 Å². The van der Waals surface area contributed by atoms with Crippen LogP contribution in [0.2, 0.25) is 0 Å². The van der Waals surface area contributed by atoms with Crippen molar-refractivity contribution in [2.45, 2.75) is 25.9 Å². The van der Waals surface area contributed by atoms with Gasteiger partial charge in [-0.1, -0.05) is 37.3 Å². The molecule has 1 atom stereocenters. The molecular formula is C14H18N2O. The normalized spacial score (nSPS) is 12.9. The molecule has 1 unspecified atom stereocenters. The van der Waals surface area contributed by atoms with Crippen molar-refractivity contribution >= 4 is 10.9 Å². The second-order valence-corrected chi connectivity index (χ2v) is 4.35. The maximum Gasteiger partial charge on any atom is 0.102 e. The summed E-state index contributed by atoms with van der Waals surface area (Å²) in [7, 11) is 1.90. The molecule has 1 aromatic carbocycles. The Morgan fingerprint density at radius 1 is 1.47 bits per heavy atom. The highest BCUT2D eigenvalue weighted by Gasteiger charge is 2.16. The van der Waals surface area contributed by atoms with Gasteiger partial charge in [0.1, 0.15) is 6.10 Å². The molecule has 0 saturated heterocycles. The third-order valence-corrected chi connectivity index (χ3v) is 3.08. The van der Waals surface area contributed by atoms with Crippen molar-refractivity contribution in [1.82, 2.24) is 9.78 Å². The number of aliphatic hydroxyl groups is 1. The molecule has 1 heterocycles. The Bertz CT molecular complexity index is 542. The van der Waals surface area contributed by atoms with Crippen molar-refractivity contribution in [3.05, 3.63) is 42.1 Å². The zero-order chi connectivity index (χ0) is 12.4. The summed E-state index contributed by atoms with van der Waals surface area (Å²) < 4.78 is 1.81. The van der Waals surface area contributed by atoms with Crippen LogP contribution < -0.4 is 0 Å². The van der Waals surface area contributed by atoms with E-state index in [0.29, 0.717) is 6.42 Å². The van der Waals surface area contributed by atoms with Crippen molar-refractivity contribution < 1.29 is 5.11 Å². The zero-order valence-electron chi connectivity index (χ0n) is 10.3. The SMILES string of the molecule is C=C(CC)CC(O)c1nn(C)c2ccccc12. The Labute approximate surface area is 101 Å². The van der Waals surface area contributed by atoms with Gasteiger partial charge in [-0.25, -0.2) is 0 Å². The Kier molecular flexibility index (Phi) is 3.29. The van der Waals surface area contributed by atoms with E-state index in [1.54, 1.807) is 0 Å². The van der Waals surface area contributed by atoms with Gasteiger partial charge in [0.05, 0.1) is 11.2 Å². The smallest absolute Gasteiger partial charge is 0.102 e. The Morgan fingerprint density at radius 3 is 2.88 bits per heavy atom. The Balaban J connectivity index is 2.38. The zero-order valence-corrected chi connectivity index (χ0v) is 10.3. The molecule has 1 aromatic heterocycles. The van der Waals surface area contributed by atoms with Crippen LogP contribution in [0.5, 0.6) is 0 Å². The number of benzene rings is 1. The molecule has 0 amide bonds. The summed E-state index contributed by atoms with van der Waals surface area (Å²) in [5.41, 5.74) is 2.84. The second kappa shape index (κ2) is 4.72. The number of aliphatic hydroxyl groups excluding tert-OH is 1. The van der Waals surface area contributed by atoms with Gasteiger partial charge in [0.2, 0.25) is 0 Å². The summed E-state index contributed by atoms with van der Waals surface area (Å²) in [5.74, 6) is 0. The third-order valence-electron chi connectivity index (χ3n) is 3.08. The molecule has 0 aliphatic heterocycles. The molecule has 0 fully saturated rings. The van der Waals surface area contributed by atoms with Gasteiger partial charge in [-0.15, -0.1) is 0 Å². The molecule has 0 aliphatic carbocycles. The fraction of sp³-hybridized carbons (Fsp3) is 0.357.